The first kappa shape index (κ1) is 20.2. The molecule has 1 saturated heterocycles. The molecule has 0 unspecified atom stereocenters. The third-order valence-electron chi connectivity index (χ3n) is 4.57. The van der Waals surface area contributed by atoms with Gasteiger partial charge in [0.05, 0.1) is 12.8 Å². The first-order valence-corrected chi connectivity index (χ1v) is 8.83. The van der Waals surface area contributed by atoms with Gasteiger partial charge >= 0.3 is 0 Å². The molecular weight excluding hydrogens is 342 g/mol. The van der Waals surface area contributed by atoms with E-state index in [0.717, 1.165) is 48.8 Å². The van der Waals surface area contributed by atoms with Crippen molar-refractivity contribution >= 4 is 29.4 Å². The molecule has 0 spiro atoms. The van der Waals surface area contributed by atoms with E-state index < -0.39 is 0 Å². The fraction of sp³-hybridized carbons (Fsp3) is 0.368. The molecule has 146 valence electrons. The Labute approximate surface area is 160 Å². The quantitative estimate of drug-likeness (QED) is 0.348. The number of nitrogen functional groups attached to an aromatic ring is 1. The summed E-state index contributed by atoms with van der Waals surface area (Å²) in [6.45, 7) is 3.26. The van der Waals surface area contributed by atoms with Crippen molar-refractivity contribution in [1.29, 1.82) is 10.8 Å². The molecule has 1 heterocycles. The van der Waals surface area contributed by atoms with Gasteiger partial charge in [-0.1, -0.05) is 0 Å². The number of anilines is 2. The third-order valence-corrected chi connectivity index (χ3v) is 4.57. The number of rotatable bonds is 8. The molecule has 0 atom stereocenters. The highest BCUT2D eigenvalue weighted by Crippen LogP contribution is 2.35. The van der Waals surface area contributed by atoms with Crippen LogP contribution in [0.25, 0.3) is 5.57 Å². The smallest absolute Gasteiger partial charge is 0.143 e. The monoisotopic (exact) mass is 371 g/mol. The molecular formula is C19H29N7O. The zero-order valence-electron chi connectivity index (χ0n) is 16.2. The average molecular weight is 371 g/mol. The highest BCUT2D eigenvalue weighted by Gasteiger charge is 2.22. The van der Waals surface area contributed by atoms with E-state index in [2.05, 4.69) is 20.4 Å². The van der Waals surface area contributed by atoms with Crippen molar-refractivity contribution in [3.63, 3.8) is 0 Å². The first-order chi connectivity index (χ1) is 13.1. The number of benzene rings is 1. The summed E-state index contributed by atoms with van der Waals surface area (Å²) in [7, 11) is 5.28. The maximum atomic E-state index is 7.77. The molecule has 6 N–H and O–H groups in total. The van der Waals surface area contributed by atoms with E-state index in [9.17, 15) is 0 Å². The van der Waals surface area contributed by atoms with Crippen LogP contribution in [0.15, 0.2) is 30.2 Å². The number of piperazine rings is 1. The SMILES string of the molecule is CN/C=C(\C=N)c1cc(N)c(OC)cc1N1CCN(/C(=C/C=N)NC)CC1. The van der Waals surface area contributed by atoms with E-state index in [0.29, 0.717) is 11.4 Å². The lowest BCUT2D eigenvalue weighted by Crippen LogP contribution is -2.48. The summed E-state index contributed by atoms with van der Waals surface area (Å²) in [5.41, 5.74) is 9.31. The second-order valence-corrected chi connectivity index (χ2v) is 6.09. The van der Waals surface area contributed by atoms with E-state index in [1.165, 1.54) is 12.4 Å². The van der Waals surface area contributed by atoms with Crippen LogP contribution in [0.4, 0.5) is 11.4 Å². The summed E-state index contributed by atoms with van der Waals surface area (Å²) in [4.78, 5) is 4.50. The van der Waals surface area contributed by atoms with Crippen molar-refractivity contribution in [1.82, 2.24) is 15.5 Å². The highest BCUT2D eigenvalue weighted by atomic mass is 16.5. The number of nitrogens with zero attached hydrogens (tertiary/aromatic N) is 2. The molecule has 1 fully saturated rings. The number of hydrogen-bond donors (Lipinski definition) is 5. The fourth-order valence-corrected chi connectivity index (χ4v) is 3.22. The van der Waals surface area contributed by atoms with Crippen molar-refractivity contribution in [2.75, 3.05) is 58.0 Å². The van der Waals surface area contributed by atoms with Gasteiger partial charge in [-0.05, 0) is 12.1 Å². The van der Waals surface area contributed by atoms with Crippen LogP contribution < -0.4 is 26.0 Å². The van der Waals surface area contributed by atoms with Crippen molar-refractivity contribution in [3.05, 3.63) is 35.8 Å². The summed E-state index contributed by atoms with van der Waals surface area (Å²) < 4.78 is 5.42. The molecule has 0 radical (unpaired) electrons. The third kappa shape index (κ3) is 4.52. The Morgan fingerprint density at radius 3 is 2.41 bits per heavy atom. The van der Waals surface area contributed by atoms with Gasteiger partial charge in [-0.2, -0.15) is 0 Å². The number of hydrogen-bond acceptors (Lipinski definition) is 8. The van der Waals surface area contributed by atoms with Crippen molar-refractivity contribution in [3.8, 4) is 5.75 Å². The molecule has 0 aromatic heterocycles. The van der Waals surface area contributed by atoms with Crippen LogP contribution in [0.1, 0.15) is 5.56 Å². The molecule has 1 aliphatic rings. The highest BCUT2D eigenvalue weighted by molar-refractivity contribution is 6.11. The zero-order valence-corrected chi connectivity index (χ0v) is 16.2. The molecule has 2 rings (SSSR count). The molecule has 8 heteroatoms. The molecule has 1 aliphatic heterocycles. The van der Waals surface area contributed by atoms with E-state index in [-0.39, 0.29) is 0 Å². The summed E-state index contributed by atoms with van der Waals surface area (Å²) in [6, 6.07) is 3.81. The lowest BCUT2D eigenvalue weighted by atomic mass is 10.0. The maximum absolute atomic E-state index is 7.77. The first-order valence-electron chi connectivity index (χ1n) is 8.83. The Morgan fingerprint density at radius 2 is 1.89 bits per heavy atom. The van der Waals surface area contributed by atoms with E-state index >= 15 is 0 Å². The van der Waals surface area contributed by atoms with Gasteiger partial charge in [-0.3, -0.25) is 0 Å². The Bertz CT molecular complexity index is 734. The Balaban J connectivity index is 2.35. The van der Waals surface area contributed by atoms with Crippen molar-refractivity contribution in [2.24, 2.45) is 0 Å². The number of methoxy groups -OCH3 is 1. The number of allylic oxidation sites excluding steroid dienone is 2. The standard InChI is InChI=1S/C19H29N7O/c1-23-13-14(12-21)15-10-16(22)18(27-3)11-17(15)25-6-8-26(9-7-25)19(24-2)4-5-20/h4-5,10-13,20-21,23-24H,6-9,22H2,1-3H3/b14-13+,19-4+,20-5?,21-12?. The predicted octanol–water partition coefficient (Wildman–Crippen LogP) is 1.32. The van der Waals surface area contributed by atoms with Crippen molar-refractivity contribution < 1.29 is 4.74 Å². The van der Waals surface area contributed by atoms with Gasteiger partial charge in [0, 0.05) is 81.8 Å². The van der Waals surface area contributed by atoms with Gasteiger partial charge in [-0.25, -0.2) is 0 Å². The van der Waals surface area contributed by atoms with Crippen LogP contribution in [0.2, 0.25) is 0 Å². The molecule has 0 aliphatic carbocycles. The molecule has 0 bridgehead atoms. The topological polar surface area (TPSA) is 113 Å². The molecule has 27 heavy (non-hydrogen) atoms. The fourth-order valence-electron chi connectivity index (χ4n) is 3.22. The van der Waals surface area contributed by atoms with Gasteiger partial charge in [0.1, 0.15) is 11.6 Å². The van der Waals surface area contributed by atoms with Gasteiger partial charge in [0.2, 0.25) is 0 Å². The minimum atomic E-state index is 0.546. The average Bonchev–Trinajstić information content (AvgIpc) is 2.70. The number of nitrogens with one attached hydrogen (secondary N) is 4. The van der Waals surface area contributed by atoms with Crippen LogP contribution in [0.3, 0.4) is 0 Å². The summed E-state index contributed by atoms with van der Waals surface area (Å²) in [6.07, 6.45) is 6.17. The molecule has 0 saturated carbocycles. The summed E-state index contributed by atoms with van der Waals surface area (Å²) >= 11 is 0. The Morgan fingerprint density at radius 1 is 1.19 bits per heavy atom. The molecule has 1 aromatic carbocycles. The Kier molecular flexibility index (Phi) is 7.10. The van der Waals surface area contributed by atoms with Gasteiger partial charge in [0.25, 0.3) is 0 Å². The number of ether oxygens (including phenoxy) is 1. The van der Waals surface area contributed by atoms with E-state index in [1.807, 2.05) is 26.2 Å². The van der Waals surface area contributed by atoms with Crippen LogP contribution in [-0.2, 0) is 0 Å². The van der Waals surface area contributed by atoms with Crippen LogP contribution in [0, 0.1) is 10.8 Å². The summed E-state index contributed by atoms with van der Waals surface area (Å²) in [5, 5.41) is 21.2. The Hall–Kier alpha value is -3.16. The maximum Gasteiger partial charge on any atom is 0.143 e. The van der Waals surface area contributed by atoms with Gasteiger partial charge in [-0.15, -0.1) is 0 Å². The summed E-state index contributed by atoms with van der Waals surface area (Å²) in [5.74, 6) is 1.57. The zero-order chi connectivity index (χ0) is 19.8. The lowest BCUT2D eigenvalue weighted by molar-refractivity contribution is 0.305. The molecule has 0 amide bonds. The van der Waals surface area contributed by atoms with E-state index in [4.69, 9.17) is 21.3 Å². The second kappa shape index (κ2) is 9.51. The van der Waals surface area contributed by atoms with Crippen molar-refractivity contribution in [2.45, 2.75) is 0 Å². The minimum Gasteiger partial charge on any atom is -0.495 e. The molecule has 1 aromatic rings. The van der Waals surface area contributed by atoms with E-state index in [1.54, 1.807) is 19.4 Å². The van der Waals surface area contributed by atoms with Crippen LogP contribution in [-0.4, -0.2) is 64.7 Å². The second-order valence-electron chi connectivity index (χ2n) is 6.09. The normalized spacial score (nSPS) is 15.4. The minimum absolute atomic E-state index is 0.546. The van der Waals surface area contributed by atoms with Gasteiger partial charge < -0.3 is 41.7 Å². The predicted molar refractivity (Wildman–Crippen MR) is 113 cm³/mol. The lowest BCUT2D eigenvalue weighted by Gasteiger charge is -2.39. The number of nitrogens with two attached hydrogens (primary N) is 1. The largest absolute Gasteiger partial charge is 0.495 e. The molecule has 8 nitrogen and oxygen atoms in total. The van der Waals surface area contributed by atoms with Crippen LogP contribution >= 0.6 is 0 Å². The van der Waals surface area contributed by atoms with Crippen LogP contribution in [0.5, 0.6) is 5.75 Å². The van der Waals surface area contributed by atoms with Gasteiger partial charge in [0.15, 0.2) is 0 Å².